The quantitative estimate of drug-likeness (QED) is 0.238. The second-order valence-corrected chi connectivity index (χ2v) is 8.78. The van der Waals surface area contributed by atoms with Gasteiger partial charge in [-0.05, 0) is 60.2 Å². The zero-order valence-corrected chi connectivity index (χ0v) is 20.1. The lowest BCUT2D eigenvalue weighted by Crippen LogP contribution is -2.15. The van der Waals surface area contributed by atoms with Crippen LogP contribution < -0.4 is 19.5 Å². The third-order valence-corrected chi connectivity index (χ3v) is 6.56. The number of fused-ring (bicyclic) bond motifs is 2. The van der Waals surface area contributed by atoms with Gasteiger partial charge in [0.05, 0.1) is 25.5 Å². The summed E-state index contributed by atoms with van der Waals surface area (Å²) in [5.41, 5.74) is 3.48. The zero-order chi connectivity index (χ0) is 24.2. The number of carbonyl (C=O) groups excluding carboxylic acids is 1. The number of hydrogen-bond donors (Lipinski definition) is 1. The molecule has 0 unspecified atom stereocenters. The van der Waals surface area contributed by atoms with Crippen molar-refractivity contribution in [2.24, 2.45) is 0 Å². The lowest BCUT2D eigenvalue weighted by Gasteiger charge is -2.21. The predicted octanol–water partition coefficient (Wildman–Crippen LogP) is 5.59. The molecule has 4 aromatic rings. The normalized spacial score (nSPS) is 11.6. The minimum absolute atomic E-state index is 0.129. The summed E-state index contributed by atoms with van der Waals surface area (Å²) in [7, 11) is 3.23. The molecule has 1 aliphatic rings. The Kier molecular flexibility index (Phi) is 6.54. The van der Waals surface area contributed by atoms with E-state index in [1.54, 1.807) is 38.5 Å². The van der Waals surface area contributed by atoms with Crippen LogP contribution >= 0.6 is 11.8 Å². The van der Waals surface area contributed by atoms with Gasteiger partial charge in [-0.15, -0.1) is 0 Å². The van der Waals surface area contributed by atoms with Crippen molar-refractivity contribution >= 4 is 23.4 Å². The van der Waals surface area contributed by atoms with E-state index in [0.717, 1.165) is 39.0 Å². The summed E-state index contributed by atoms with van der Waals surface area (Å²) in [6, 6.07) is 22.6. The van der Waals surface area contributed by atoms with Gasteiger partial charge in [-0.1, -0.05) is 30.0 Å². The first-order chi connectivity index (χ1) is 17.1. The van der Waals surface area contributed by atoms with Crippen LogP contribution in [-0.2, 0) is 11.2 Å². The molecule has 176 valence electrons. The van der Waals surface area contributed by atoms with Crippen LogP contribution in [0.25, 0.3) is 11.4 Å². The van der Waals surface area contributed by atoms with Gasteiger partial charge in [-0.3, -0.25) is 4.79 Å². The molecule has 0 saturated heterocycles. The Morgan fingerprint density at radius 3 is 2.34 bits per heavy atom. The number of para-hydroxylation sites is 1. The first-order valence-corrected chi connectivity index (χ1v) is 12.0. The van der Waals surface area contributed by atoms with E-state index in [4.69, 9.17) is 24.2 Å². The number of aromatic nitrogens is 2. The smallest absolute Gasteiger partial charge is 0.234 e. The van der Waals surface area contributed by atoms with E-state index in [-0.39, 0.29) is 11.7 Å². The van der Waals surface area contributed by atoms with Gasteiger partial charge in [0.25, 0.3) is 0 Å². The highest BCUT2D eigenvalue weighted by atomic mass is 32.2. The van der Waals surface area contributed by atoms with Crippen LogP contribution in [0.5, 0.6) is 23.1 Å². The van der Waals surface area contributed by atoms with Crippen LogP contribution in [0.2, 0.25) is 0 Å². The molecule has 0 spiro atoms. The summed E-state index contributed by atoms with van der Waals surface area (Å²) in [5, 5.41) is 3.64. The van der Waals surface area contributed by atoms with E-state index in [1.807, 2.05) is 48.5 Å². The highest BCUT2D eigenvalue weighted by Crippen LogP contribution is 2.40. The highest BCUT2D eigenvalue weighted by molar-refractivity contribution is 8.00. The molecule has 1 amide bonds. The van der Waals surface area contributed by atoms with E-state index in [9.17, 15) is 4.79 Å². The van der Waals surface area contributed by atoms with Gasteiger partial charge < -0.3 is 19.5 Å². The third-order valence-electron chi connectivity index (χ3n) is 5.54. The molecule has 2 heterocycles. The van der Waals surface area contributed by atoms with Gasteiger partial charge in [0, 0.05) is 17.7 Å². The van der Waals surface area contributed by atoms with E-state index < -0.39 is 0 Å². The third kappa shape index (κ3) is 5.07. The lowest BCUT2D eigenvalue weighted by atomic mass is 10.0. The number of anilines is 1. The lowest BCUT2D eigenvalue weighted by molar-refractivity contribution is -0.113. The molecular formula is C27H23N3O4S. The van der Waals surface area contributed by atoms with Crippen LogP contribution in [0, 0.1) is 0 Å². The van der Waals surface area contributed by atoms with Crippen molar-refractivity contribution in [1.29, 1.82) is 0 Å². The van der Waals surface area contributed by atoms with Gasteiger partial charge in [0.15, 0.2) is 5.82 Å². The number of thioether (sulfide) groups is 1. The molecule has 1 N–H and O–H groups in total. The predicted molar refractivity (Wildman–Crippen MR) is 136 cm³/mol. The van der Waals surface area contributed by atoms with Crippen LogP contribution in [0.3, 0.4) is 0 Å². The maximum Gasteiger partial charge on any atom is 0.234 e. The average molecular weight is 486 g/mol. The van der Waals surface area contributed by atoms with Crippen LogP contribution in [0.15, 0.2) is 77.8 Å². The molecule has 35 heavy (non-hydrogen) atoms. The maximum absolute atomic E-state index is 12.7. The molecule has 0 fully saturated rings. The topological polar surface area (TPSA) is 82.6 Å². The number of methoxy groups -OCH3 is 2. The Hall–Kier alpha value is -4.04. The van der Waals surface area contributed by atoms with E-state index in [2.05, 4.69) is 5.32 Å². The first kappa shape index (κ1) is 22.7. The van der Waals surface area contributed by atoms with E-state index >= 15 is 0 Å². The second-order valence-electron chi connectivity index (χ2n) is 7.82. The number of nitrogens with one attached hydrogen (secondary N) is 1. The number of carbonyl (C=O) groups is 1. The van der Waals surface area contributed by atoms with Crippen molar-refractivity contribution in [3.8, 4) is 34.5 Å². The molecule has 0 atom stereocenters. The van der Waals surface area contributed by atoms with Crippen LogP contribution in [0.1, 0.15) is 11.1 Å². The first-order valence-electron chi connectivity index (χ1n) is 11.0. The van der Waals surface area contributed by atoms with E-state index in [1.165, 1.54) is 11.8 Å². The molecule has 0 saturated carbocycles. The van der Waals surface area contributed by atoms with Gasteiger partial charge in [0.2, 0.25) is 11.8 Å². The number of ether oxygens (including phenoxy) is 3. The minimum Gasteiger partial charge on any atom is -0.497 e. The van der Waals surface area contributed by atoms with Gasteiger partial charge in [-0.25, -0.2) is 4.98 Å². The molecular weight excluding hydrogens is 462 g/mol. The Morgan fingerprint density at radius 2 is 1.63 bits per heavy atom. The molecule has 1 aliphatic heterocycles. The van der Waals surface area contributed by atoms with Crippen molar-refractivity contribution in [1.82, 2.24) is 9.97 Å². The van der Waals surface area contributed by atoms with Gasteiger partial charge in [-0.2, -0.15) is 4.98 Å². The maximum atomic E-state index is 12.7. The summed E-state index contributed by atoms with van der Waals surface area (Å²) in [5.74, 6) is 3.38. The van der Waals surface area contributed by atoms with Crippen LogP contribution in [0.4, 0.5) is 5.69 Å². The Bertz CT molecular complexity index is 1360. The summed E-state index contributed by atoms with van der Waals surface area (Å²) in [6.07, 6.45) is 0.636. The SMILES string of the molecule is COc1ccc(NC(=O)CSc2nc(-c3ccc(OC)cc3)nc3c2Cc2ccccc2O3)cc1. The van der Waals surface area contributed by atoms with Gasteiger partial charge in [0.1, 0.15) is 22.3 Å². The van der Waals surface area contributed by atoms with Crippen molar-refractivity contribution in [2.75, 3.05) is 25.3 Å². The molecule has 5 rings (SSSR count). The van der Waals surface area contributed by atoms with Crippen LogP contribution in [-0.4, -0.2) is 35.8 Å². The van der Waals surface area contributed by atoms with E-state index in [0.29, 0.717) is 23.8 Å². The number of hydrogen-bond acceptors (Lipinski definition) is 7. The minimum atomic E-state index is -0.129. The number of benzene rings is 3. The van der Waals surface area contributed by atoms with Crippen molar-refractivity contribution in [2.45, 2.75) is 11.4 Å². The molecule has 3 aromatic carbocycles. The summed E-state index contributed by atoms with van der Waals surface area (Å²) >= 11 is 1.37. The monoisotopic (exact) mass is 485 g/mol. The molecule has 7 nitrogen and oxygen atoms in total. The van der Waals surface area contributed by atoms with Crippen molar-refractivity contribution in [3.63, 3.8) is 0 Å². The summed E-state index contributed by atoms with van der Waals surface area (Å²) in [6.45, 7) is 0. The second kappa shape index (κ2) is 10.1. The Balaban J connectivity index is 1.41. The van der Waals surface area contributed by atoms with Crippen molar-refractivity contribution < 1.29 is 19.0 Å². The molecule has 8 heteroatoms. The number of amides is 1. The van der Waals surface area contributed by atoms with Crippen molar-refractivity contribution in [3.05, 3.63) is 83.9 Å². The molecule has 0 aliphatic carbocycles. The highest BCUT2D eigenvalue weighted by Gasteiger charge is 2.24. The fourth-order valence-corrected chi connectivity index (χ4v) is 4.54. The summed E-state index contributed by atoms with van der Waals surface area (Å²) in [4.78, 5) is 22.2. The fourth-order valence-electron chi connectivity index (χ4n) is 3.72. The zero-order valence-electron chi connectivity index (χ0n) is 19.3. The number of nitrogens with zero attached hydrogens (tertiary/aromatic N) is 2. The molecule has 1 aromatic heterocycles. The fraction of sp³-hybridized carbons (Fsp3) is 0.148. The molecule has 0 bridgehead atoms. The standard InChI is InChI=1S/C27H23N3O4S/c1-32-20-11-7-17(8-12-20)25-29-26-22(15-18-5-3-4-6-23(18)34-26)27(30-25)35-16-24(31)28-19-9-13-21(33-2)14-10-19/h3-14H,15-16H2,1-2H3,(H,28,31). The Morgan fingerprint density at radius 1 is 0.943 bits per heavy atom. The van der Waals surface area contributed by atoms with Gasteiger partial charge >= 0.3 is 0 Å². The average Bonchev–Trinajstić information content (AvgIpc) is 2.91. The summed E-state index contributed by atoms with van der Waals surface area (Å²) < 4.78 is 16.6. The Labute approximate surface area is 207 Å². The molecule has 0 radical (unpaired) electrons. The largest absolute Gasteiger partial charge is 0.497 e. The number of rotatable bonds is 7.